The number of nitrogens with zero attached hydrogens (tertiary/aromatic N) is 1. The molecule has 0 spiro atoms. The molecule has 0 aliphatic carbocycles. The molecule has 0 atom stereocenters. The number of aliphatic imine (C=N–C) groups is 1. The quantitative estimate of drug-likeness (QED) is 0.660. The highest BCUT2D eigenvalue weighted by Gasteiger charge is 2.06. The lowest BCUT2D eigenvalue weighted by Crippen LogP contribution is -1.98. The van der Waals surface area contributed by atoms with Gasteiger partial charge in [0.15, 0.2) is 0 Å². The summed E-state index contributed by atoms with van der Waals surface area (Å²) in [5, 5.41) is 0. The zero-order valence-electron chi connectivity index (χ0n) is 12.1. The van der Waals surface area contributed by atoms with Crippen molar-refractivity contribution in [1.29, 1.82) is 0 Å². The van der Waals surface area contributed by atoms with E-state index in [2.05, 4.69) is 76.2 Å². The van der Waals surface area contributed by atoms with Crippen molar-refractivity contribution in [2.45, 2.75) is 33.6 Å². The van der Waals surface area contributed by atoms with Gasteiger partial charge < -0.3 is 0 Å². The number of rotatable bonds is 3. The Balaban J connectivity index is 2.44. The minimum Gasteiger partial charge on any atom is -0.253 e. The summed E-state index contributed by atoms with van der Waals surface area (Å²) in [7, 11) is 0. The minimum atomic E-state index is 0.490. The van der Waals surface area contributed by atoms with Crippen LogP contribution in [-0.2, 0) is 0 Å². The highest BCUT2D eigenvalue weighted by molar-refractivity contribution is 6.01. The largest absolute Gasteiger partial charge is 0.253 e. The van der Waals surface area contributed by atoms with Gasteiger partial charge in [-0.3, -0.25) is 4.99 Å². The predicted molar refractivity (Wildman–Crippen MR) is 83.6 cm³/mol. The summed E-state index contributed by atoms with van der Waals surface area (Å²) in [6.45, 7) is 8.62. The Hall–Kier alpha value is -1.89. The lowest BCUT2D eigenvalue weighted by molar-refractivity contribution is 0.867. The van der Waals surface area contributed by atoms with Gasteiger partial charge in [-0.05, 0) is 42.5 Å². The normalized spacial score (nSPS) is 11.9. The summed E-state index contributed by atoms with van der Waals surface area (Å²) < 4.78 is 0. The molecule has 0 aliphatic heterocycles. The number of hydrogen-bond acceptors (Lipinski definition) is 1. The van der Waals surface area contributed by atoms with Gasteiger partial charge in [0, 0.05) is 5.71 Å². The molecule has 0 N–H and O–H groups in total. The molecule has 0 fully saturated rings. The first-order chi connectivity index (χ1) is 9.09. The molecule has 0 aliphatic rings. The molecule has 0 aromatic heterocycles. The molecule has 0 radical (unpaired) electrons. The molecule has 2 rings (SSSR count). The molecule has 0 amide bonds. The van der Waals surface area contributed by atoms with Gasteiger partial charge in [-0.25, -0.2) is 0 Å². The van der Waals surface area contributed by atoms with Crippen molar-refractivity contribution in [2.24, 2.45) is 4.99 Å². The minimum absolute atomic E-state index is 0.490. The number of benzene rings is 2. The Labute approximate surface area is 116 Å². The van der Waals surface area contributed by atoms with Crippen LogP contribution in [0.3, 0.4) is 0 Å². The molecule has 0 unspecified atom stereocenters. The molecule has 98 valence electrons. The van der Waals surface area contributed by atoms with Crippen molar-refractivity contribution in [3.8, 4) is 0 Å². The molecular weight excluding hydrogens is 230 g/mol. The van der Waals surface area contributed by atoms with Gasteiger partial charge >= 0.3 is 0 Å². The molecule has 1 nitrogen and oxygen atoms in total. The van der Waals surface area contributed by atoms with Gasteiger partial charge in [0.1, 0.15) is 0 Å². The van der Waals surface area contributed by atoms with Crippen molar-refractivity contribution in [3.05, 3.63) is 65.2 Å². The third kappa shape index (κ3) is 3.11. The Morgan fingerprint density at radius 3 is 2.26 bits per heavy atom. The lowest BCUT2D eigenvalue weighted by Gasteiger charge is -2.11. The van der Waals surface area contributed by atoms with Crippen LogP contribution in [0.5, 0.6) is 0 Å². The van der Waals surface area contributed by atoms with E-state index in [4.69, 9.17) is 4.99 Å². The van der Waals surface area contributed by atoms with E-state index in [1.54, 1.807) is 0 Å². The third-order valence-corrected chi connectivity index (χ3v) is 3.38. The fourth-order valence-corrected chi connectivity index (χ4v) is 2.30. The van der Waals surface area contributed by atoms with Gasteiger partial charge in [-0.1, -0.05) is 56.3 Å². The van der Waals surface area contributed by atoms with Crippen LogP contribution in [0.25, 0.3) is 0 Å². The summed E-state index contributed by atoms with van der Waals surface area (Å²) in [5.74, 6) is 0.490. The fourth-order valence-electron chi connectivity index (χ4n) is 2.30. The van der Waals surface area contributed by atoms with Gasteiger partial charge in [-0.2, -0.15) is 0 Å². The van der Waals surface area contributed by atoms with E-state index in [1.165, 1.54) is 16.7 Å². The highest BCUT2D eigenvalue weighted by atomic mass is 14.7. The zero-order valence-corrected chi connectivity index (χ0v) is 12.1. The SMILES string of the molecule is CC(=Nc1ccccc1C(C)C)c1ccccc1C. The summed E-state index contributed by atoms with van der Waals surface area (Å²) in [4.78, 5) is 4.83. The van der Waals surface area contributed by atoms with Gasteiger partial charge in [0.05, 0.1) is 5.69 Å². The Kier molecular flexibility index (Phi) is 4.16. The van der Waals surface area contributed by atoms with Crippen LogP contribution in [0.4, 0.5) is 5.69 Å². The molecule has 0 saturated carbocycles. The van der Waals surface area contributed by atoms with Gasteiger partial charge in [-0.15, -0.1) is 0 Å². The number of para-hydroxylation sites is 1. The van der Waals surface area contributed by atoms with Crippen LogP contribution < -0.4 is 0 Å². The predicted octanol–water partition coefficient (Wildman–Crippen LogP) is 5.26. The second-order valence-corrected chi connectivity index (χ2v) is 5.23. The first-order valence-electron chi connectivity index (χ1n) is 6.80. The van der Waals surface area contributed by atoms with Crippen LogP contribution in [0, 0.1) is 6.92 Å². The average Bonchev–Trinajstić information content (AvgIpc) is 2.39. The van der Waals surface area contributed by atoms with Crippen molar-refractivity contribution in [1.82, 2.24) is 0 Å². The molecule has 1 heteroatoms. The lowest BCUT2D eigenvalue weighted by atomic mass is 10.0. The molecule has 0 bridgehead atoms. The van der Waals surface area contributed by atoms with Crippen LogP contribution in [0.15, 0.2) is 53.5 Å². The van der Waals surface area contributed by atoms with E-state index >= 15 is 0 Å². The number of aryl methyl sites for hydroxylation is 1. The third-order valence-electron chi connectivity index (χ3n) is 3.38. The molecule has 0 saturated heterocycles. The second kappa shape index (κ2) is 5.83. The van der Waals surface area contributed by atoms with Gasteiger partial charge in [0.25, 0.3) is 0 Å². The maximum atomic E-state index is 4.83. The summed E-state index contributed by atoms with van der Waals surface area (Å²) in [6.07, 6.45) is 0. The van der Waals surface area contributed by atoms with Crippen LogP contribution in [0.1, 0.15) is 43.4 Å². The monoisotopic (exact) mass is 251 g/mol. The summed E-state index contributed by atoms with van der Waals surface area (Å²) in [5.41, 5.74) is 5.95. The average molecular weight is 251 g/mol. The maximum Gasteiger partial charge on any atom is 0.0667 e. The Morgan fingerprint density at radius 2 is 1.58 bits per heavy atom. The molecule has 2 aromatic rings. The van der Waals surface area contributed by atoms with E-state index in [-0.39, 0.29) is 0 Å². The van der Waals surface area contributed by atoms with Gasteiger partial charge in [0.2, 0.25) is 0 Å². The standard InChI is InChI=1S/C18H21N/c1-13(2)16-10-7-8-12-18(16)19-15(4)17-11-6-5-9-14(17)3/h5-13H,1-4H3. The second-order valence-electron chi connectivity index (χ2n) is 5.23. The summed E-state index contributed by atoms with van der Waals surface area (Å²) >= 11 is 0. The smallest absolute Gasteiger partial charge is 0.0667 e. The molecule has 2 aromatic carbocycles. The number of hydrogen-bond donors (Lipinski definition) is 0. The van der Waals surface area contributed by atoms with Crippen LogP contribution in [-0.4, -0.2) is 5.71 Å². The first kappa shape index (κ1) is 13.5. The van der Waals surface area contributed by atoms with E-state index in [0.29, 0.717) is 5.92 Å². The van der Waals surface area contributed by atoms with Crippen molar-refractivity contribution in [3.63, 3.8) is 0 Å². The Morgan fingerprint density at radius 1 is 0.947 bits per heavy atom. The van der Waals surface area contributed by atoms with Crippen LogP contribution in [0.2, 0.25) is 0 Å². The van der Waals surface area contributed by atoms with E-state index in [0.717, 1.165) is 11.4 Å². The maximum absolute atomic E-state index is 4.83. The van der Waals surface area contributed by atoms with Crippen molar-refractivity contribution in [2.75, 3.05) is 0 Å². The van der Waals surface area contributed by atoms with E-state index < -0.39 is 0 Å². The molecular formula is C18H21N. The van der Waals surface area contributed by atoms with Crippen molar-refractivity contribution >= 4 is 11.4 Å². The topological polar surface area (TPSA) is 12.4 Å². The van der Waals surface area contributed by atoms with E-state index in [1.807, 2.05) is 0 Å². The molecule has 0 heterocycles. The van der Waals surface area contributed by atoms with Crippen LogP contribution >= 0.6 is 0 Å². The molecule has 19 heavy (non-hydrogen) atoms. The highest BCUT2D eigenvalue weighted by Crippen LogP contribution is 2.27. The summed E-state index contributed by atoms with van der Waals surface area (Å²) in [6, 6.07) is 16.8. The fraction of sp³-hybridized carbons (Fsp3) is 0.278. The Bertz CT molecular complexity index is 594. The van der Waals surface area contributed by atoms with Crippen molar-refractivity contribution < 1.29 is 0 Å². The first-order valence-corrected chi connectivity index (χ1v) is 6.80. The zero-order chi connectivity index (χ0) is 13.8. The van der Waals surface area contributed by atoms with E-state index in [9.17, 15) is 0 Å².